The second-order valence-corrected chi connectivity index (χ2v) is 2.50. The number of hydrogen-bond acceptors (Lipinski definition) is 5. The SMILES string of the molecule is Cc1oc2oc(C=O)nc2c1C=O. The van der Waals surface area contributed by atoms with Crippen molar-refractivity contribution in [2.45, 2.75) is 6.92 Å². The second kappa shape index (κ2) is 2.55. The van der Waals surface area contributed by atoms with Crippen molar-refractivity contribution in [1.82, 2.24) is 4.98 Å². The second-order valence-electron chi connectivity index (χ2n) is 2.50. The molecule has 0 fully saturated rings. The highest BCUT2D eigenvalue weighted by Gasteiger charge is 2.16. The molecule has 2 aromatic heterocycles. The van der Waals surface area contributed by atoms with E-state index in [1.165, 1.54) is 0 Å². The Morgan fingerprint density at radius 1 is 1.23 bits per heavy atom. The minimum atomic E-state index is -0.0862. The first-order chi connectivity index (χ1) is 6.26. The third-order valence-corrected chi connectivity index (χ3v) is 1.71. The zero-order valence-electron chi connectivity index (χ0n) is 6.73. The van der Waals surface area contributed by atoms with Gasteiger partial charge >= 0.3 is 5.78 Å². The molecule has 0 saturated carbocycles. The maximum absolute atomic E-state index is 10.6. The van der Waals surface area contributed by atoms with Crippen molar-refractivity contribution >= 4 is 23.9 Å². The van der Waals surface area contributed by atoms with Gasteiger partial charge in [0.25, 0.3) is 5.89 Å². The van der Waals surface area contributed by atoms with Crippen molar-refractivity contribution in [3.05, 3.63) is 17.2 Å². The first-order valence-electron chi connectivity index (χ1n) is 3.56. The molecule has 0 aliphatic carbocycles. The summed E-state index contributed by atoms with van der Waals surface area (Å²) in [6.07, 6.45) is 1.08. The summed E-state index contributed by atoms with van der Waals surface area (Å²) in [5.74, 6) is 0.465. The Hall–Kier alpha value is -1.91. The number of oxazole rings is 1. The monoisotopic (exact) mass is 179 g/mol. The quantitative estimate of drug-likeness (QED) is 0.650. The number of carbonyl (C=O) groups is 2. The molecule has 0 N–H and O–H groups in total. The van der Waals surface area contributed by atoms with Crippen LogP contribution in [0.15, 0.2) is 8.83 Å². The minimum absolute atomic E-state index is 0.0862. The van der Waals surface area contributed by atoms with Crippen molar-refractivity contribution in [3.8, 4) is 0 Å². The summed E-state index contributed by atoms with van der Waals surface area (Å²) in [4.78, 5) is 24.6. The molecule has 0 aliphatic rings. The Morgan fingerprint density at radius 3 is 2.62 bits per heavy atom. The maximum Gasteiger partial charge on any atom is 0.319 e. The molecule has 2 heterocycles. The standard InChI is InChI=1S/C8H5NO4/c1-4-5(2-10)7-8(12-4)13-6(3-11)9-7/h2-3H,1H3. The van der Waals surface area contributed by atoms with Crippen molar-refractivity contribution < 1.29 is 18.4 Å². The molecule has 0 radical (unpaired) electrons. The molecule has 2 rings (SSSR count). The van der Waals surface area contributed by atoms with Gasteiger partial charge in [-0.05, 0) is 6.92 Å². The molecule has 2 aromatic rings. The fourth-order valence-electron chi connectivity index (χ4n) is 1.11. The van der Waals surface area contributed by atoms with Gasteiger partial charge in [-0.15, -0.1) is 0 Å². The molecular formula is C8H5NO4. The Kier molecular flexibility index (Phi) is 1.51. The molecule has 5 heteroatoms. The lowest BCUT2D eigenvalue weighted by molar-refractivity contribution is 0.109. The van der Waals surface area contributed by atoms with Crippen LogP contribution in [0.25, 0.3) is 11.3 Å². The molecule has 0 unspecified atom stereocenters. The number of rotatable bonds is 2. The molecule has 0 aromatic carbocycles. The zero-order valence-corrected chi connectivity index (χ0v) is 6.73. The number of hydrogen-bond donors (Lipinski definition) is 0. The van der Waals surface area contributed by atoms with Gasteiger partial charge in [0, 0.05) is 0 Å². The van der Waals surface area contributed by atoms with Crippen LogP contribution in [0.5, 0.6) is 0 Å². The normalized spacial score (nSPS) is 10.5. The first-order valence-corrected chi connectivity index (χ1v) is 3.56. The molecule has 5 nitrogen and oxygen atoms in total. The molecule has 66 valence electrons. The van der Waals surface area contributed by atoms with Gasteiger partial charge in [0.15, 0.2) is 11.8 Å². The predicted octanol–water partition coefficient (Wildman–Crippen LogP) is 1.35. The van der Waals surface area contributed by atoms with Crippen molar-refractivity contribution in [3.63, 3.8) is 0 Å². The fourth-order valence-corrected chi connectivity index (χ4v) is 1.11. The van der Waals surface area contributed by atoms with Gasteiger partial charge in [-0.3, -0.25) is 9.59 Å². The van der Waals surface area contributed by atoms with E-state index in [1.807, 2.05) is 0 Å². The van der Waals surface area contributed by atoms with Gasteiger partial charge in [0.1, 0.15) is 5.76 Å². The Labute approximate surface area is 72.3 Å². The molecule has 0 amide bonds. The van der Waals surface area contributed by atoms with Crippen LogP contribution in [-0.2, 0) is 0 Å². The van der Waals surface area contributed by atoms with Crippen LogP contribution < -0.4 is 0 Å². The van der Waals surface area contributed by atoms with Crippen LogP contribution in [0.2, 0.25) is 0 Å². The van der Waals surface area contributed by atoms with Gasteiger partial charge in [-0.25, -0.2) is 4.98 Å². The summed E-state index contributed by atoms with van der Waals surface area (Å²) in [5.41, 5.74) is 0.626. The number of aryl methyl sites for hydroxylation is 1. The molecule has 0 bridgehead atoms. The highest BCUT2D eigenvalue weighted by molar-refractivity contribution is 5.94. The van der Waals surface area contributed by atoms with Crippen LogP contribution in [0, 0.1) is 6.92 Å². The van der Waals surface area contributed by atoms with E-state index in [9.17, 15) is 9.59 Å². The number of aldehydes is 2. The largest absolute Gasteiger partial charge is 0.428 e. The van der Waals surface area contributed by atoms with Gasteiger partial charge < -0.3 is 8.83 Å². The van der Waals surface area contributed by atoms with E-state index in [-0.39, 0.29) is 11.7 Å². The van der Waals surface area contributed by atoms with E-state index in [2.05, 4.69) is 4.98 Å². The van der Waals surface area contributed by atoms with Crippen LogP contribution in [0.3, 0.4) is 0 Å². The Balaban J connectivity index is 2.80. The van der Waals surface area contributed by atoms with Crippen molar-refractivity contribution in [1.29, 1.82) is 0 Å². The van der Waals surface area contributed by atoms with Gasteiger partial charge in [0.05, 0.1) is 5.56 Å². The van der Waals surface area contributed by atoms with E-state index in [0.717, 1.165) is 0 Å². The molecule has 0 aliphatic heterocycles. The summed E-state index contributed by atoms with van der Waals surface area (Å²) >= 11 is 0. The summed E-state index contributed by atoms with van der Waals surface area (Å²) in [6.45, 7) is 1.63. The van der Waals surface area contributed by atoms with Crippen LogP contribution in [0.1, 0.15) is 26.8 Å². The average Bonchev–Trinajstić information content (AvgIpc) is 2.60. The first kappa shape index (κ1) is 7.72. The summed E-state index contributed by atoms with van der Waals surface area (Å²) in [6, 6.07) is 0. The van der Waals surface area contributed by atoms with Gasteiger partial charge in [0.2, 0.25) is 6.29 Å². The van der Waals surface area contributed by atoms with Gasteiger partial charge in [-0.2, -0.15) is 0 Å². The van der Waals surface area contributed by atoms with Crippen LogP contribution in [-0.4, -0.2) is 17.6 Å². The lowest BCUT2D eigenvalue weighted by atomic mass is 10.3. The van der Waals surface area contributed by atoms with E-state index < -0.39 is 0 Å². The fraction of sp³-hybridized carbons (Fsp3) is 0.125. The third kappa shape index (κ3) is 0.970. The number of furan rings is 1. The number of nitrogens with zero attached hydrogens (tertiary/aromatic N) is 1. The predicted molar refractivity (Wildman–Crippen MR) is 41.8 cm³/mol. The lowest BCUT2D eigenvalue weighted by Crippen LogP contribution is -1.82. The molecular weight excluding hydrogens is 174 g/mol. The summed E-state index contributed by atoms with van der Waals surface area (Å²) in [7, 11) is 0. The van der Waals surface area contributed by atoms with Crippen molar-refractivity contribution in [2.24, 2.45) is 0 Å². The topological polar surface area (TPSA) is 73.3 Å². The minimum Gasteiger partial charge on any atom is -0.428 e. The van der Waals surface area contributed by atoms with E-state index in [1.54, 1.807) is 6.92 Å². The highest BCUT2D eigenvalue weighted by Crippen LogP contribution is 2.23. The number of carbonyl (C=O) groups excluding carboxylic acids is 2. The molecule has 0 spiro atoms. The number of fused-ring (bicyclic) bond motifs is 1. The Morgan fingerprint density at radius 2 is 2.00 bits per heavy atom. The summed E-state index contributed by atoms with van der Waals surface area (Å²) in [5, 5.41) is 0. The average molecular weight is 179 g/mol. The third-order valence-electron chi connectivity index (χ3n) is 1.71. The smallest absolute Gasteiger partial charge is 0.319 e. The van der Waals surface area contributed by atoms with Crippen LogP contribution in [0.4, 0.5) is 0 Å². The highest BCUT2D eigenvalue weighted by atomic mass is 16.5. The summed E-state index contributed by atoms with van der Waals surface area (Å²) < 4.78 is 9.93. The van der Waals surface area contributed by atoms with E-state index in [4.69, 9.17) is 8.83 Å². The Bertz CT molecular complexity index is 480. The van der Waals surface area contributed by atoms with Crippen molar-refractivity contribution in [2.75, 3.05) is 0 Å². The lowest BCUT2D eigenvalue weighted by Gasteiger charge is -1.82. The maximum atomic E-state index is 10.6. The van der Waals surface area contributed by atoms with Crippen LogP contribution >= 0.6 is 0 Å². The van der Waals surface area contributed by atoms with Gasteiger partial charge in [-0.1, -0.05) is 0 Å². The van der Waals surface area contributed by atoms with E-state index >= 15 is 0 Å². The zero-order chi connectivity index (χ0) is 9.42. The van der Waals surface area contributed by atoms with E-state index in [0.29, 0.717) is 29.4 Å². The molecule has 0 atom stereocenters. The molecule has 13 heavy (non-hydrogen) atoms. The molecule has 0 saturated heterocycles. The number of aromatic nitrogens is 1.